The van der Waals surface area contributed by atoms with E-state index in [0.717, 1.165) is 11.1 Å². The smallest absolute Gasteiger partial charge is 0.339 e. The topological polar surface area (TPSA) is 76.0 Å². The molecule has 0 radical (unpaired) electrons. The van der Waals surface area contributed by atoms with Gasteiger partial charge >= 0.3 is 5.97 Å². The Morgan fingerprint density at radius 2 is 2.06 bits per heavy atom. The standard InChI is InChI=1S/C12H11N3O2/c1-7-5-13-4-3-9(7)11-14-6-10(12(16)17)8(2)15-11/h3-6H,1-2H3,(H,16,17). The lowest BCUT2D eigenvalue weighted by molar-refractivity contribution is 0.0695. The average molecular weight is 229 g/mol. The highest BCUT2D eigenvalue weighted by molar-refractivity contribution is 5.88. The third-order valence-electron chi connectivity index (χ3n) is 2.47. The molecule has 0 aliphatic rings. The van der Waals surface area contributed by atoms with E-state index in [1.54, 1.807) is 19.3 Å². The fourth-order valence-electron chi connectivity index (χ4n) is 1.53. The first-order chi connectivity index (χ1) is 8.09. The van der Waals surface area contributed by atoms with Crippen molar-refractivity contribution in [3.63, 3.8) is 0 Å². The van der Waals surface area contributed by atoms with Gasteiger partial charge in [-0.2, -0.15) is 0 Å². The number of aromatic nitrogens is 3. The molecule has 17 heavy (non-hydrogen) atoms. The number of hydrogen-bond acceptors (Lipinski definition) is 4. The molecule has 0 unspecified atom stereocenters. The van der Waals surface area contributed by atoms with Crippen LogP contribution in [0, 0.1) is 13.8 Å². The molecule has 5 nitrogen and oxygen atoms in total. The average Bonchev–Trinajstić information content (AvgIpc) is 2.29. The first kappa shape index (κ1) is 11.2. The zero-order valence-corrected chi connectivity index (χ0v) is 9.51. The lowest BCUT2D eigenvalue weighted by Crippen LogP contribution is -2.04. The summed E-state index contributed by atoms with van der Waals surface area (Å²) in [7, 11) is 0. The van der Waals surface area contributed by atoms with Gasteiger partial charge in [-0.15, -0.1) is 0 Å². The fourth-order valence-corrected chi connectivity index (χ4v) is 1.53. The first-order valence-electron chi connectivity index (χ1n) is 5.07. The van der Waals surface area contributed by atoms with Gasteiger partial charge in [-0.3, -0.25) is 4.98 Å². The van der Waals surface area contributed by atoms with Crippen LogP contribution in [-0.4, -0.2) is 26.0 Å². The van der Waals surface area contributed by atoms with E-state index in [2.05, 4.69) is 15.0 Å². The van der Waals surface area contributed by atoms with Crippen molar-refractivity contribution < 1.29 is 9.90 Å². The molecule has 0 aromatic carbocycles. The number of carboxylic acid groups (broad SMARTS) is 1. The normalized spacial score (nSPS) is 10.2. The van der Waals surface area contributed by atoms with Crippen molar-refractivity contribution in [2.45, 2.75) is 13.8 Å². The fraction of sp³-hybridized carbons (Fsp3) is 0.167. The van der Waals surface area contributed by atoms with E-state index in [4.69, 9.17) is 5.11 Å². The number of pyridine rings is 1. The van der Waals surface area contributed by atoms with Gasteiger partial charge in [-0.1, -0.05) is 0 Å². The van der Waals surface area contributed by atoms with Crippen molar-refractivity contribution in [3.05, 3.63) is 41.5 Å². The molecular formula is C12H11N3O2. The molecule has 0 aliphatic heterocycles. The van der Waals surface area contributed by atoms with E-state index in [0.29, 0.717) is 11.5 Å². The van der Waals surface area contributed by atoms with Crippen LogP contribution in [0.15, 0.2) is 24.7 Å². The molecule has 0 bridgehead atoms. The Labute approximate surface area is 98.2 Å². The molecule has 5 heteroatoms. The van der Waals surface area contributed by atoms with E-state index in [1.807, 2.05) is 13.0 Å². The molecule has 86 valence electrons. The Bertz CT molecular complexity index is 582. The van der Waals surface area contributed by atoms with E-state index < -0.39 is 5.97 Å². The molecule has 2 aromatic rings. The summed E-state index contributed by atoms with van der Waals surface area (Å²) in [6, 6.07) is 1.81. The molecule has 0 fully saturated rings. The minimum Gasteiger partial charge on any atom is -0.478 e. The minimum absolute atomic E-state index is 0.125. The Morgan fingerprint density at radius 3 is 2.65 bits per heavy atom. The van der Waals surface area contributed by atoms with Crippen LogP contribution in [0.1, 0.15) is 21.6 Å². The summed E-state index contributed by atoms with van der Waals surface area (Å²) in [4.78, 5) is 23.1. The van der Waals surface area contributed by atoms with Gasteiger partial charge in [0.15, 0.2) is 5.82 Å². The molecule has 2 rings (SSSR count). The number of nitrogens with zero attached hydrogens (tertiary/aromatic N) is 3. The summed E-state index contributed by atoms with van der Waals surface area (Å²) in [5, 5.41) is 8.89. The van der Waals surface area contributed by atoms with Crippen molar-refractivity contribution in [1.82, 2.24) is 15.0 Å². The molecule has 2 aromatic heterocycles. The summed E-state index contributed by atoms with van der Waals surface area (Å²) in [5.74, 6) is -0.493. The molecule has 0 aliphatic carbocycles. The van der Waals surface area contributed by atoms with E-state index in [9.17, 15) is 4.79 Å². The number of rotatable bonds is 2. The zero-order chi connectivity index (χ0) is 12.4. The number of aryl methyl sites for hydroxylation is 2. The Hall–Kier alpha value is -2.30. The maximum absolute atomic E-state index is 10.8. The molecule has 0 saturated heterocycles. The maximum atomic E-state index is 10.8. The summed E-state index contributed by atoms with van der Waals surface area (Å²) in [5.41, 5.74) is 2.40. The van der Waals surface area contributed by atoms with Crippen LogP contribution in [0.3, 0.4) is 0 Å². The molecule has 2 heterocycles. The number of carboxylic acids is 1. The van der Waals surface area contributed by atoms with Crippen molar-refractivity contribution in [2.24, 2.45) is 0 Å². The highest BCUT2D eigenvalue weighted by atomic mass is 16.4. The van der Waals surface area contributed by atoms with Gasteiger partial charge in [0.1, 0.15) is 0 Å². The summed E-state index contributed by atoms with van der Waals surface area (Å²) < 4.78 is 0. The van der Waals surface area contributed by atoms with Crippen LogP contribution in [0.4, 0.5) is 0 Å². The van der Waals surface area contributed by atoms with Crippen LogP contribution in [0.25, 0.3) is 11.4 Å². The van der Waals surface area contributed by atoms with Gasteiger partial charge < -0.3 is 5.11 Å². The maximum Gasteiger partial charge on any atom is 0.339 e. The Balaban J connectivity index is 2.52. The molecule has 0 saturated carbocycles. The quantitative estimate of drug-likeness (QED) is 0.850. The number of hydrogen-bond donors (Lipinski definition) is 1. The van der Waals surface area contributed by atoms with Gasteiger partial charge in [0.2, 0.25) is 0 Å². The van der Waals surface area contributed by atoms with E-state index in [-0.39, 0.29) is 5.56 Å². The largest absolute Gasteiger partial charge is 0.478 e. The van der Waals surface area contributed by atoms with Crippen LogP contribution in [0.2, 0.25) is 0 Å². The van der Waals surface area contributed by atoms with Gasteiger partial charge in [-0.05, 0) is 25.5 Å². The van der Waals surface area contributed by atoms with Gasteiger partial charge in [0.25, 0.3) is 0 Å². The molecular weight excluding hydrogens is 218 g/mol. The number of aromatic carboxylic acids is 1. The lowest BCUT2D eigenvalue weighted by Gasteiger charge is -2.05. The van der Waals surface area contributed by atoms with Gasteiger partial charge in [0.05, 0.1) is 11.3 Å². The third kappa shape index (κ3) is 2.13. The van der Waals surface area contributed by atoms with E-state index in [1.165, 1.54) is 6.20 Å². The minimum atomic E-state index is -1.01. The van der Waals surface area contributed by atoms with Crippen molar-refractivity contribution in [2.75, 3.05) is 0 Å². The highest BCUT2D eigenvalue weighted by Gasteiger charge is 2.11. The monoisotopic (exact) mass is 229 g/mol. The molecule has 0 amide bonds. The first-order valence-corrected chi connectivity index (χ1v) is 5.07. The molecule has 1 N–H and O–H groups in total. The molecule has 0 spiro atoms. The zero-order valence-electron chi connectivity index (χ0n) is 9.51. The van der Waals surface area contributed by atoms with Crippen molar-refractivity contribution >= 4 is 5.97 Å². The predicted octanol–water partition coefficient (Wildman–Crippen LogP) is 1.85. The second-order valence-corrected chi connectivity index (χ2v) is 3.69. The van der Waals surface area contributed by atoms with E-state index >= 15 is 0 Å². The van der Waals surface area contributed by atoms with Crippen molar-refractivity contribution in [1.29, 1.82) is 0 Å². The SMILES string of the molecule is Cc1cnccc1-c1ncc(C(=O)O)c(C)n1. The number of carbonyl (C=O) groups is 1. The lowest BCUT2D eigenvalue weighted by atomic mass is 10.1. The summed E-state index contributed by atoms with van der Waals surface area (Å²) in [6.07, 6.45) is 4.71. The second kappa shape index (κ2) is 4.29. The molecule has 0 atom stereocenters. The van der Waals surface area contributed by atoms with Crippen molar-refractivity contribution in [3.8, 4) is 11.4 Å². The van der Waals surface area contributed by atoms with Gasteiger partial charge in [-0.25, -0.2) is 14.8 Å². The Morgan fingerprint density at radius 1 is 1.29 bits per heavy atom. The third-order valence-corrected chi connectivity index (χ3v) is 2.47. The van der Waals surface area contributed by atoms with Crippen LogP contribution >= 0.6 is 0 Å². The van der Waals surface area contributed by atoms with Crippen LogP contribution in [-0.2, 0) is 0 Å². The highest BCUT2D eigenvalue weighted by Crippen LogP contribution is 2.19. The summed E-state index contributed by atoms with van der Waals surface area (Å²) in [6.45, 7) is 3.57. The second-order valence-electron chi connectivity index (χ2n) is 3.69. The predicted molar refractivity (Wildman–Crippen MR) is 61.7 cm³/mol. The summed E-state index contributed by atoms with van der Waals surface area (Å²) >= 11 is 0. The van der Waals surface area contributed by atoms with Crippen LogP contribution < -0.4 is 0 Å². The van der Waals surface area contributed by atoms with Gasteiger partial charge in [0, 0.05) is 24.2 Å². The Kier molecular flexibility index (Phi) is 2.82. The van der Waals surface area contributed by atoms with Crippen LogP contribution in [0.5, 0.6) is 0 Å².